The molecule has 338 valence electrons. The van der Waals surface area contributed by atoms with Gasteiger partial charge >= 0.3 is 24.0 Å². The highest BCUT2D eigenvalue weighted by atomic mass is 19.1. The van der Waals surface area contributed by atoms with Crippen LogP contribution in [-0.4, -0.2) is 62.8 Å². The first-order chi connectivity index (χ1) is 32.6. The van der Waals surface area contributed by atoms with Gasteiger partial charge < -0.3 is 19.3 Å². The Balaban J connectivity index is 0.000000168. The summed E-state index contributed by atoms with van der Waals surface area (Å²) < 4.78 is 49.8. The number of rotatable bonds is 10. The molecular weight excluding hydrogens is 867 g/mol. The first-order valence-corrected chi connectivity index (χ1v) is 21.3. The Labute approximate surface area is 379 Å². The number of carboxylic acids is 1. The Kier molecular flexibility index (Phi) is 12.3. The largest absolute Gasteiger partial charge is 0.480 e. The number of hydrogen-bond donors (Lipinski definition) is 1. The molecule has 1 N–H and O–H groups in total. The molecule has 0 unspecified atom stereocenters. The molecule has 18 heteroatoms. The van der Waals surface area contributed by atoms with Crippen LogP contribution in [0.4, 0.5) is 8.78 Å². The normalized spacial score (nSPS) is 15.0. The summed E-state index contributed by atoms with van der Waals surface area (Å²) in [5, 5.41) is 9.73. The maximum absolute atomic E-state index is 13.7. The number of carboxylic acid groups (broad SMARTS) is 1. The van der Waals surface area contributed by atoms with Gasteiger partial charge in [0.15, 0.2) is 12.1 Å². The highest BCUT2D eigenvalue weighted by Gasteiger charge is 2.35. The zero-order chi connectivity index (χ0) is 46.6. The Morgan fingerprint density at radius 3 is 1.43 bits per heavy atom. The van der Waals surface area contributed by atoms with Crippen LogP contribution in [0.1, 0.15) is 37.8 Å². The Morgan fingerprint density at radius 1 is 0.597 bits per heavy atom. The molecular formula is C49H40F2N8O8. The van der Waals surface area contributed by atoms with E-state index in [1.54, 1.807) is 52.0 Å². The van der Waals surface area contributed by atoms with Gasteiger partial charge in [-0.2, -0.15) is 9.97 Å². The zero-order valence-corrected chi connectivity index (χ0v) is 35.7. The van der Waals surface area contributed by atoms with Gasteiger partial charge in [-0.15, -0.1) is 0 Å². The average molecular weight is 907 g/mol. The summed E-state index contributed by atoms with van der Waals surface area (Å²) in [6.07, 6.45) is 5.13. The molecule has 10 rings (SSSR count). The summed E-state index contributed by atoms with van der Waals surface area (Å²) in [5.74, 6) is -1.30. The van der Waals surface area contributed by atoms with Crippen LogP contribution in [-0.2, 0) is 27.4 Å². The van der Waals surface area contributed by atoms with Gasteiger partial charge in [-0.05, 0) is 97.5 Å². The van der Waals surface area contributed by atoms with Gasteiger partial charge in [-0.25, -0.2) is 37.7 Å². The smallest absolute Gasteiger partial charge is 0.330 e. The lowest BCUT2D eigenvalue weighted by atomic mass is 10.0. The molecule has 0 saturated carbocycles. The molecule has 8 aromatic rings. The topological polar surface area (TPSA) is 187 Å². The van der Waals surface area contributed by atoms with Crippen LogP contribution in [0.15, 0.2) is 143 Å². The highest BCUT2D eigenvalue weighted by Crippen LogP contribution is 2.36. The predicted molar refractivity (Wildman–Crippen MR) is 239 cm³/mol. The maximum Gasteiger partial charge on any atom is 0.330 e. The van der Waals surface area contributed by atoms with Gasteiger partial charge in [0.05, 0.1) is 41.0 Å². The zero-order valence-electron chi connectivity index (χ0n) is 35.7. The van der Waals surface area contributed by atoms with Gasteiger partial charge in [0.1, 0.15) is 23.1 Å². The number of aliphatic carboxylic acids is 1. The SMILES string of the molecule is COC(=O)[C@H]1CCCn2c(-c3ccnc(Oc4ccccc4)n3)c(-c3ccc(F)cc3)c(=O)n21.O=C(O)[C@H]1CCCn2c(-c3ccnc(Oc4ccccc4)n3)c(-c3ccc(F)cc3)c(=O)n21. The lowest BCUT2D eigenvalue weighted by Gasteiger charge is -2.26. The predicted octanol–water partition coefficient (Wildman–Crippen LogP) is 8.34. The Bertz CT molecular complexity index is 3210. The third-order valence-electron chi connectivity index (χ3n) is 11.3. The van der Waals surface area contributed by atoms with E-state index in [4.69, 9.17) is 14.2 Å². The maximum atomic E-state index is 13.7. The van der Waals surface area contributed by atoms with Crippen molar-refractivity contribution in [3.05, 3.63) is 166 Å². The fraction of sp³-hybridized carbons (Fsp3) is 0.184. The third kappa shape index (κ3) is 8.83. The van der Waals surface area contributed by atoms with Crippen molar-refractivity contribution < 1.29 is 37.7 Å². The van der Waals surface area contributed by atoms with Crippen molar-refractivity contribution in [2.45, 2.75) is 50.9 Å². The number of fused-ring (bicyclic) bond motifs is 2. The van der Waals surface area contributed by atoms with Crippen LogP contribution in [0, 0.1) is 11.6 Å². The minimum absolute atomic E-state index is 0.0855. The first-order valence-electron chi connectivity index (χ1n) is 21.3. The summed E-state index contributed by atoms with van der Waals surface area (Å²) in [5.41, 5.74) is 2.52. The molecule has 0 spiro atoms. The summed E-state index contributed by atoms with van der Waals surface area (Å²) in [4.78, 5) is 69.0. The fourth-order valence-electron chi connectivity index (χ4n) is 8.38. The summed E-state index contributed by atoms with van der Waals surface area (Å²) >= 11 is 0. The van der Waals surface area contributed by atoms with Crippen molar-refractivity contribution >= 4 is 11.9 Å². The van der Waals surface area contributed by atoms with E-state index in [-0.39, 0.29) is 23.1 Å². The molecule has 4 aromatic heterocycles. The molecule has 0 radical (unpaired) electrons. The number of aromatic nitrogens is 8. The van der Waals surface area contributed by atoms with Crippen molar-refractivity contribution in [2.24, 2.45) is 0 Å². The van der Waals surface area contributed by atoms with Crippen molar-refractivity contribution in [3.8, 4) is 68.5 Å². The van der Waals surface area contributed by atoms with E-state index in [0.717, 1.165) is 0 Å². The number of para-hydroxylation sites is 2. The molecule has 67 heavy (non-hydrogen) atoms. The minimum atomic E-state index is -1.08. The number of hydrogen-bond acceptors (Lipinski definition) is 11. The molecule has 0 bridgehead atoms. The van der Waals surface area contributed by atoms with E-state index in [0.29, 0.717) is 89.7 Å². The second kappa shape index (κ2) is 18.9. The van der Waals surface area contributed by atoms with Crippen molar-refractivity contribution in [3.63, 3.8) is 0 Å². The molecule has 0 aliphatic carbocycles. The molecule has 0 amide bonds. The van der Waals surface area contributed by atoms with Gasteiger partial charge in [-0.3, -0.25) is 19.0 Å². The monoisotopic (exact) mass is 906 g/mol. The number of carbonyl (C=O) groups excluding carboxylic acids is 1. The standard InChI is InChI=1S/C25H21FN4O4.C24H19FN4O4/c1-33-24(32)20-8-5-15-29-22(21(23(31)30(20)29)16-9-11-17(26)12-10-16)19-13-14-27-25(28-19)34-18-6-3-2-4-7-18;25-16-10-8-15(9-11-16)20-21(28-14-4-7-19(23(31)32)29(28)22(20)30)18-12-13-26-24(27-18)33-17-5-2-1-3-6-17/h2-4,6-7,9-14,20H,5,8,15H2,1H3;1-3,5-6,8-13,19H,4,7,14H2,(H,31,32)/t20-;19-/m11/s1. The molecule has 0 saturated heterocycles. The Hall–Kier alpha value is -8.54. The number of methoxy groups -OCH3 is 1. The van der Waals surface area contributed by atoms with Crippen LogP contribution in [0.5, 0.6) is 23.5 Å². The number of carbonyl (C=O) groups is 2. The molecule has 2 atom stereocenters. The molecule has 4 aromatic carbocycles. The lowest BCUT2D eigenvalue weighted by molar-refractivity contribution is -0.146. The highest BCUT2D eigenvalue weighted by molar-refractivity contribution is 5.82. The quantitative estimate of drug-likeness (QED) is 0.130. The van der Waals surface area contributed by atoms with Crippen molar-refractivity contribution in [1.29, 1.82) is 0 Å². The molecule has 16 nitrogen and oxygen atoms in total. The Morgan fingerprint density at radius 2 is 1.01 bits per heavy atom. The first kappa shape index (κ1) is 43.7. The number of esters is 1. The number of benzene rings is 4. The van der Waals surface area contributed by atoms with Crippen LogP contribution in [0.2, 0.25) is 0 Å². The van der Waals surface area contributed by atoms with Gasteiger partial charge in [-0.1, -0.05) is 60.7 Å². The molecule has 2 aliphatic heterocycles. The molecule has 2 aliphatic rings. The van der Waals surface area contributed by atoms with Gasteiger partial charge in [0.2, 0.25) is 0 Å². The summed E-state index contributed by atoms with van der Waals surface area (Å²) in [6.45, 7) is 0.937. The minimum Gasteiger partial charge on any atom is -0.480 e. The van der Waals surface area contributed by atoms with E-state index >= 15 is 0 Å². The van der Waals surface area contributed by atoms with Crippen LogP contribution in [0.3, 0.4) is 0 Å². The summed E-state index contributed by atoms with van der Waals surface area (Å²) in [6, 6.07) is 31.1. The van der Waals surface area contributed by atoms with Gasteiger partial charge in [0.25, 0.3) is 11.1 Å². The van der Waals surface area contributed by atoms with E-state index in [2.05, 4.69) is 19.9 Å². The van der Waals surface area contributed by atoms with Crippen molar-refractivity contribution in [1.82, 2.24) is 38.7 Å². The fourth-order valence-corrected chi connectivity index (χ4v) is 8.38. The lowest BCUT2D eigenvalue weighted by Crippen LogP contribution is -2.37. The average Bonchev–Trinajstić information content (AvgIpc) is 3.83. The van der Waals surface area contributed by atoms with Crippen molar-refractivity contribution in [2.75, 3.05) is 7.11 Å². The van der Waals surface area contributed by atoms with Gasteiger partial charge in [0, 0.05) is 25.5 Å². The van der Waals surface area contributed by atoms with Crippen LogP contribution in [0.25, 0.3) is 45.0 Å². The summed E-state index contributed by atoms with van der Waals surface area (Å²) in [7, 11) is 1.30. The molecule has 6 heterocycles. The number of halogens is 2. The van der Waals surface area contributed by atoms with E-state index in [1.807, 2.05) is 36.4 Å². The van der Waals surface area contributed by atoms with E-state index < -0.39 is 41.2 Å². The second-order valence-electron chi connectivity index (χ2n) is 15.5. The molecule has 0 fully saturated rings. The van der Waals surface area contributed by atoms with Crippen LogP contribution >= 0.6 is 0 Å². The third-order valence-corrected chi connectivity index (χ3v) is 11.3. The van der Waals surface area contributed by atoms with E-state index in [1.165, 1.54) is 71.2 Å². The van der Waals surface area contributed by atoms with E-state index in [9.17, 15) is 33.1 Å². The number of ether oxygens (including phenoxy) is 3. The van der Waals surface area contributed by atoms with Crippen LogP contribution < -0.4 is 20.6 Å². The number of nitrogens with zero attached hydrogens (tertiary/aromatic N) is 8. The second-order valence-corrected chi connectivity index (χ2v) is 15.5.